The van der Waals surface area contributed by atoms with Gasteiger partial charge in [0.05, 0.1) is 0 Å². The predicted molar refractivity (Wildman–Crippen MR) is 76.7 cm³/mol. The Labute approximate surface area is 122 Å². The molecule has 0 spiro atoms. The van der Waals surface area contributed by atoms with Crippen LogP contribution in [0.3, 0.4) is 0 Å². The monoisotopic (exact) mass is 298 g/mol. The van der Waals surface area contributed by atoms with E-state index in [1.54, 1.807) is 12.1 Å². The number of rotatable bonds is 4. The van der Waals surface area contributed by atoms with E-state index < -0.39 is 23.0 Å². The molecule has 0 saturated carbocycles. The van der Waals surface area contributed by atoms with Crippen LogP contribution in [0.1, 0.15) is 37.8 Å². The number of aryl methyl sites for hydroxylation is 1. The maximum atomic E-state index is 14.2. The van der Waals surface area contributed by atoms with Crippen molar-refractivity contribution in [3.05, 3.63) is 53.1 Å². The van der Waals surface area contributed by atoms with Gasteiger partial charge < -0.3 is 0 Å². The van der Waals surface area contributed by atoms with Crippen molar-refractivity contribution in [2.45, 2.75) is 45.0 Å². The molecule has 1 aromatic rings. The Morgan fingerprint density at radius 2 is 1.48 bits per heavy atom. The summed E-state index contributed by atoms with van der Waals surface area (Å²) in [6.45, 7) is 3.47. The molecule has 21 heavy (non-hydrogen) atoms. The summed E-state index contributed by atoms with van der Waals surface area (Å²) in [7, 11) is 0. The summed E-state index contributed by atoms with van der Waals surface area (Å²) in [6.07, 6.45) is 3.92. The van der Waals surface area contributed by atoms with Gasteiger partial charge >= 0.3 is 11.8 Å². The molecule has 0 heterocycles. The average molecular weight is 298 g/mol. The highest BCUT2D eigenvalue weighted by molar-refractivity contribution is 5.76. The highest BCUT2D eigenvalue weighted by Crippen LogP contribution is 2.51. The number of allylic oxidation sites excluding steroid dienone is 4. The van der Waals surface area contributed by atoms with E-state index in [1.807, 2.05) is 6.92 Å². The van der Waals surface area contributed by atoms with Gasteiger partial charge in [-0.1, -0.05) is 56.7 Å². The zero-order valence-electron chi connectivity index (χ0n) is 12.1. The quantitative estimate of drug-likeness (QED) is 0.631. The standard InChI is InChI=1S/C17H18F4/c1-3-5-12-6-8-13(9-7-12)15-11-10-14(4-2)16(18,19)17(15,20)21/h6-11H,3-5H2,1-2H3. The van der Waals surface area contributed by atoms with Gasteiger partial charge in [-0.3, -0.25) is 0 Å². The average Bonchev–Trinajstić information content (AvgIpc) is 2.43. The van der Waals surface area contributed by atoms with Crippen LogP contribution in [0.2, 0.25) is 0 Å². The molecule has 0 aliphatic heterocycles. The summed E-state index contributed by atoms with van der Waals surface area (Å²) in [5.41, 5.74) is 0.00931. The second-order valence-electron chi connectivity index (χ2n) is 5.22. The maximum absolute atomic E-state index is 14.2. The van der Waals surface area contributed by atoms with Crippen LogP contribution in [0.25, 0.3) is 5.57 Å². The topological polar surface area (TPSA) is 0 Å². The minimum Gasteiger partial charge on any atom is -0.194 e. The van der Waals surface area contributed by atoms with Gasteiger partial charge in [-0.2, -0.15) is 17.6 Å². The fourth-order valence-corrected chi connectivity index (χ4v) is 2.52. The molecule has 1 aromatic carbocycles. The molecular weight excluding hydrogens is 280 g/mol. The van der Waals surface area contributed by atoms with E-state index in [-0.39, 0.29) is 12.0 Å². The molecule has 0 fully saturated rings. The molecule has 114 valence electrons. The lowest BCUT2D eigenvalue weighted by molar-refractivity contribution is -0.149. The summed E-state index contributed by atoms with van der Waals surface area (Å²) >= 11 is 0. The van der Waals surface area contributed by atoms with Crippen molar-refractivity contribution in [3.63, 3.8) is 0 Å². The van der Waals surface area contributed by atoms with Gasteiger partial charge in [-0.15, -0.1) is 0 Å². The van der Waals surface area contributed by atoms with E-state index >= 15 is 0 Å². The summed E-state index contributed by atoms with van der Waals surface area (Å²) in [4.78, 5) is 0. The Hall–Kier alpha value is -1.58. The Bertz CT molecular complexity index is 565. The SMILES string of the molecule is CCCc1ccc(C2=CC=C(CC)C(F)(F)C2(F)F)cc1. The van der Waals surface area contributed by atoms with Gasteiger partial charge in [-0.25, -0.2) is 0 Å². The van der Waals surface area contributed by atoms with Crippen molar-refractivity contribution in [1.29, 1.82) is 0 Å². The summed E-state index contributed by atoms with van der Waals surface area (Å²) < 4.78 is 56.2. The van der Waals surface area contributed by atoms with Crippen LogP contribution >= 0.6 is 0 Å². The van der Waals surface area contributed by atoms with Crippen molar-refractivity contribution in [3.8, 4) is 0 Å². The number of hydrogen-bond acceptors (Lipinski definition) is 0. The van der Waals surface area contributed by atoms with Gasteiger partial charge in [0.15, 0.2) is 0 Å². The first-order valence-electron chi connectivity index (χ1n) is 7.11. The summed E-state index contributed by atoms with van der Waals surface area (Å²) in [5.74, 6) is -8.31. The molecule has 0 atom stereocenters. The van der Waals surface area contributed by atoms with E-state index in [0.29, 0.717) is 0 Å². The molecule has 0 N–H and O–H groups in total. The molecule has 0 bridgehead atoms. The smallest absolute Gasteiger partial charge is 0.194 e. The lowest BCUT2D eigenvalue weighted by Gasteiger charge is -2.33. The second-order valence-corrected chi connectivity index (χ2v) is 5.22. The van der Waals surface area contributed by atoms with Crippen LogP contribution in [0, 0.1) is 0 Å². The van der Waals surface area contributed by atoms with Gasteiger partial charge in [0.25, 0.3) is 0 Å². The van der Waals surface area contributed by atoms with Crippen LogP contribution in [0.4, 0.5) is 17.6 Å². The normalized spacial score (nSPS) is 19.9. The molecular formula is C17H18F4. The first kappa shape index (κ1) is 15.8. The fraction of sp³-hybridized carbons (Fsp3) is 0.412. The highest BCUT2D eigenvalue weighted by Gasteiger charge is 2.61. The molecule has 1 aliphatic carbocycles. The van der Waals surface area contributed by atoms with Gasteiger partial charge in [0.1, 0.15) is 0 Å². The van der Waals surface area contributed by atoms with E-state index in [9.17, 15) is 17.6 Å². The molecule has 0 saturated heterocycles. The number of alkyl halides is 4. The van der Waals surface area contributed by atoms with Crippen molar-refractivity contribution >= 4 is 5.57 Å². The van der Waals surface area contributed by atoms with Gasteiger partial charge in [0, 0.05) is 11.1 Å². The lowest BCUT2D eigenvalue weighted by atomic mass is 9.85. The van der Waals surface area contributed by atoms with E-state index in [4.69, 9.17) is 0 Å². The maximum Gasteiger partial charge on any atom is 0.339 e. The van der Waals surface area contributed by atoms with Crippen LogP contribution in [0.15, 0.2) is 42.0 Å². The third-order valence-electron chi connectivity index (χ3n) is 3.77. The summed E-state index contributed by atoms with van der Waals surface area (Å²) in [5, 5.41) is 0. The van der Waals surface area contributed by atoms with Crippen LogP contribution in [-0.4, -0.2) is 11.8 Å². The molecule has 1 aliphatic rings. The van der Waals surface area contributed by atoms with Crippen molar-refractivity contribution in [2.24, 2.45) is 0 Å². The predicted octanol–water partition coefficient (Wildman–Crippen LogP) is 5.64. The highest BCUT2D eigenvalue weighted by atomic mass is 19.3. The van der Waals surface area contributed by atoms with E-state index in [1.165, 1.54) is 19.1 Å². The van der Waals surface area contributed by atoms with Gasteiger partial charge in [0.2, 0.25) is 0 Å². The molecule has 2 rings (SSSR count). The molecule has 0 aromatic heterocycles. The van der Waals surface area contributed by atoms with Crippen molar-refractivity contribution in [2.75, 3.05) is 0 Å². The van der Waals surface area contributed by atoms with E-state index in [2.05, 4.69) is 0 Å². The molecule has 0 nitrogen and oxygen atoms in total. The largest absolute Gasteiger partial charge is 0.339 e. The lowest BCUT2D eigenvalue weighted by Crippen LogP contribution is -2.44. The van der Waals surface area contributed by atoms with Crippen LogP contribution in [0.5, 0.6) is 0 Å². The first-order valence-corrected chi connectivity index (χ1v) is 7.11. The zero-order valence-corrected chi connectivity index (χ0v) is 12.1. The van der Waals surface area contributed by atoms with E-state index in [0.717, 1.165) is 30.6 Å². The number of hydrogen-bond donors (Lipinski definition) is 0. The van der Waals surface area contributed by atoms with Crippen LogP contribution < -0.4 is 0 Å². The van der Waals surface area contributed by atoms with Crippen molar-refractivity contribution < 1.29 is 17.6 Å². The molecule has 0 radical (unpaired) electrons. The Morgan fingerprint density at radius 3 is 2.00 bits per heavy atom. The Kier molecular flexibility index (Phi) is 4.26. The first-order chi connectivity index (χ1) is 9.84. The molecule has 0 unspecified atom stereocenters. The molecule has 4 heteroatoms. The minimum atomic E-state index is -4.18. The third kappa shape index (κ3) is 2.63. The zero-order chi connectivity index (χ0) is 15.7. The minimum absolute atomic E-state index is 0.0954. The third-order valence-corrected chi connectivity index (χ3v) is 3.77. The Morgan fingerprint density at radius 1 is 0.857 bits per heavy atom. The second kappa shape index (κ2) is 5.66. The fourth-order valence-electron chi connectivity index (χ4n) is 2.52. The molecule has 0 amide bonds. The van der Waals surface area contributed by atoms with Crippen LogP contribution in [-0.2, 0) is 6.42 Å². The van der Waals surface area contributed by atoms with Crippen molar-refractivity contribution in [1.82, 2.24) is 0 Å². The summed E-state index contributed by atoms with van der Waals surface area (Å²) in [6, 6.07) is 6.41. The number of halogens is 4. The Balaban J connectivity index is 2.43. The van der Waals surface area contributed by atoms with Gasteiger partial charge in [-0.05, 0) is 24.0 Å². The number of benzene rings is 1.